The highest BCUT2D eigenvalue weighted by Crippen LogP contribution is 2.07. The Hall–Kier alpha value is -0.610. The van der Waals surface area contributed by atoms with Gasteiger partial charge in [0.2, 0.25) is 5.91 Å². The van der Waals surface area contributed by atoms with E-state index in [2.05, 4.69) is 0 Å². The first-order valence-electron chi connectivity index (χ1n) is 3.38. The number of β-amino-alcohol motifs (C(OH)–C–C–N with tert-alkyl or cyclic N) is 1. The lowest BCUT2D eigenvalue weighted by molar-refractivity contribution is -0.128. The first kappa shape index (κ1) is 7.50. The molecule has 0 radical (unpaired) electrons. The molecule has 0 aromatic carbocycles. The molecule has 3 N–H and O–H groups in total. The van der Waals surface area contributed by atoms with Gasteiger partial charge in [0.05, 0.1) is 6.61 Å². The van der Waals surface area contributed by atoms with E-state index in [0.29, 0.717) is 19.5 Å². The van der Waals surface area contributed by atoms with Crippen LogP contribution in [0.2, 0.25) is 0 Å². The smallest absolute Gasteiger partial charge is 0.224 e. The third-order valence-electron chi connectivity index (χ3n) is 1.61. The molecule has 0 aliphatic carbocycles. The monoisotopic (exact) mass is 144 g/mol. The maximum absolute atomic E-state index is 10.9. The molecule has 10 heavy (non-hydrogen) atoms. The molecule has 0 bridgehead atoms. The molecule has 1 unspecified atom stereocenters. The zero-order valence-electron chi connectivity index (χ0n) is 5.79. The van der Waals surface area contributed by atoms with E-state index in [9.17, 15) is 4.79 Å². The summed E-state index contributed by atoms with van der Waals surface area (Å²) < 4.78 is 0. The lowest BCUT2D eigenvalue weighted by Crippen LogP contribution is -2.30. The van der Waals surface area contributed by atoms with Crippen molar-refractivity contribution in [1.29, 1.82) is 0 Å². The Labute approximate surface area is 59.6 Å². The zero-order chi connectivity index (χ0) is 7.56. The second-order valence-corrected chi connectivity index (χ2v) is 2.53. The van der Waals surface area contributed by atoms with Crippen LogP contribution >= 0.6 is 0 Å². The molecule has 1 atom stereocenters. The number of aliphatic hydroxyl groups excluding tert-OH is 1. The van der Waals surface area contributed by atoms with Gasteiger partial charge in [-0.15, -0.1) is 0 Å². The summed E-state index contributed by atoms with van der Waals surface area (Å²) >= 11 is 0. The molecule has 1 saturated heterocycles. The summed E-state index contributed by atoms with van der Waals surface area (Å²) in [5.74, 6) is 0.0570. The highest BCUT2D eigenvalue weighted by molar-refractivity contribution is 5.79. The summed E-state index contributed by atoms with van der Waals surface area (Å²) in [5.41, 5.74) is 5.50. The van der Waals surface area contributed by atoms with E-state index >= 15 is 0 Å². The van der Waals surface area contributed by atoms with Gasteiger partial charge in [-0.05, 0) is 0 Å². The summed E-state index contributed by atoms with van der Waals surface area (Å²) in [6.07, 6.45) is 0.431. The van der Waals surface area contributed by atoms with Gasteiger partial charge in [0.1, 0.15) is 0 Å². The van der Waals surface area contributed by atoms with Crippen molar-refractivity contribution in [3.63, 3.8) is 0 Å². The van der Waals surface area contributed by atoms with Gasteiger partial charge in [0, 0.05) is 25.6 Å². The molecule has 0 aromatic heterocycles. The minimum Gasteiger partial charge on any atom is -0.395 e. The number of likely N-dealkylation sites (tertiary alicyclic amines) is 1. The third kappa shape index (κ3) is 1.46. The van der Waals surface area contributed by atoms with Crippen LogP contribution in [0.25, 0.3) is 0 Å². The van der Waals surface area contributed by atoms with Crippen LogP contribution in [0.15, 0.2) is 0 Å². The highest BCUT2D eigenvalue weighted by atomic mass is 16.3. The van der Waals surface area contributed by atoms with Crippen LogP contribution < -0.4 is 5.73 Å². The molecule has 1 aliphatic heterocycles. The van der Waals surface area contributed by atoms with E-state index in [-0.39, 0.29) is 18.6 Å². The minimum absolute atomic E-state index is 0.0263. The van der Waals surface area contributed by atoms with Crippen molar-refractivity contribution in [3.05, 3.63) is 0 Å². The van der Waals surface area contributed by atoms with Crippen LogP contribution in [-0.4, -0.2) is 41.7 Å². The van der Waals surface area contributed by atoms with E-state index in [4.69, 9.17) is 10.8 Å². The third-order valence-corrected chi connectivity index (χ3v) is 1.61. The standard InChI is InChI=1S/C6H12N2O2/c7-5-3-6(10)8(4-5)1-2-9/h5,9H,1-4,7H2. The normalized spacial score (nSPS) is 26.0. The number of hydrogen-bond donors (Lipinski definition) is 2. The van der Waals surface area contributed by atoms with Crippen molar-refractivity contribution < 1.29 is 9.90 Å². The molecule has 4 heteroatoms. The van der Waals surface area contributed by atoms with Gasteiger partial charge < -0.3 is 15.7 Å². The van der Waals surface area contributed by atoms with Crippen molar-refractivity contribution >= 4 is 5.91 Å². The lowest BCUT2D eigenvalue weighted by atomic mass is 10.3. The first-order chi connectivity index (χ1) is 4.74. The lowest BCUT2D eigenvalue weighted by Gasteiger charge is -2.12. The number of carbonyl (C=O) groups excluding carboxylic acids is 1. The van der Waals surface area contributed by atoms with E-state index in [1.165, 1.54) is 0 Å². The van der Waals surface area contributed by atoms with Crippen molar-refractivity contribution in [3.8, 4) is 0 Å². The van der Waals surface area contributed by atoms with Gasteiger partial charge in [-0.3, -0.25) is 4.79 Å². The van der Waals surface area contributed by atoms with E-state index in [0.717, 1.165) is 0 Å². The van der Waals surface area contributed by atoms with Gasteiger partial charge in [0.15, 0.2) is 0 Å². The number of rotatable bonds is 2. The van der Waals surface area contributed by atoms with Crippen molar-refractivity contribution in [1.82, 2.24) is 4.90 Å². The molecular formula is C6H12N2O2. The fraction of sp³-hybridized carbons (Fsp3) is 0.833. The minimum atomic E-state index is -0.0287. The quantitative estimate of drug-likeness (QED) is 0.497. The number of carbonyl (C=O) groups is 1. The molecular weight excluding hydrogens is 132 g/mol. The van der Waals surface area contributed by atoms with E-state index in [1.54, 1.807) is 4.90 Å². The largest absolute Gasteiger partial charge is 0.395 e. The molecule has 0 saturated carbocycles. The van der Waals surface area contributed by atoms with Crippen molar-refractivity contribution in [2.45, 2.75) is 12.5 Å². The van der Waals surface area contributed by atoms with Gasteiger partial charge in [-0.1, -0.05) is 0 Å². The Kier molecular flexibility index (Phi) is 2.24. The molecule has 58 valence electrons. The number of nitrogens with two attached hydrogens (primary N) is 1. The van der Waals surface area contributed by atoms with Crippen LogP contribution in [0.5, 0.6) is 0 Å². The second-order valence-electron chi connectivity index (χ2n) is 2.53. The van der Waals surface area contributed by atoms with Crippen LogP contribution in [0.3, 0.4) is 0 Å². The van der Waals surface area contributed by atoms with Crippen LogP contribution in [0.1, 0.15) is 6.42 Å². The van der Waals surface area contributed by atoms with E-state index in [1.807, 2.05) is 0 Å². The SMILES string of the molecule is NC1CC(=O)N(CCO)C1. The molecule has 1 aliphatic rings. The first-order valence-corrected chi connectivity index (χ1v) is 3.38. The Balaban J connectivity index is 2.39. The average molecular weight is 144 g/mol. The molecule has 1 heterocycles. The number of nitrogens with zero attached hydrogens (tertiary/aromatic N) is 1. The maximum Gasteiger partial charge on any atom is 0.224 e. The predicted octanol–water partition coefficient (Wildman–Crippen LogP) is -1.46. The highest BCUT2D eigenvalue weighted by Gasteiger charge is 2.25. The van der Waals surface area contributed by atoms with Crippen LogP contribution in [0, 0.1) is 0 Å². The van der Waals surface area contributed by atoms with Crippen molar-refractivity contribution in [2.24, 2.45) is 5.73 Å². The number of hydrogen-bond acceptors (Lipinski definition) is 3. The molecule has 1 rings (SSSR count). The zero-order valence-corrected chi connectivity index (χ0v) is 5.79. The number of aliphatic hydroxyl groups is 1. The molecule has 1 fully saturated rings. The van der Waals surface area contributed by atoms with Crippen LogP contribution in [-0.2, 0) is 4.79 Å². The average Bonchev–Trinajstić information content (AvgIpc) is 2.13. The Morgan fingerprint density at radius 3 is 2.90 bits per heavy atom. The van der Waals surface area contributed by atoms with Crippen LogP contribution in [0.4, 0.5) is 0 Å². The summed E-state index contributed by atoms with van der Waals surface area (Å²) in [6, 6.07) is -0.0287. The fourth-order valence-electron chi connectivity index (χ4n) is 1.14. The topological polar surface area (TPSA) is 66.6 Å². The second kappa shape index (κ2) is 2.98. The Morgan fingerprint density at radius 1 is 1.80 bits per heavy atom. The van der Waals surface area contributed by atoms with Gasteiger partial charge in [-0.2, -0.15) is 0 Å². The van der Waals surface area contributed by atoms with Gasteiger partial charge >= 0.3 is 0 Å². The fourth-order valence-corrected chi connectivity index (χ4v) is 1.14. The summed E-state index contributed by atoms with van der Waals surface area (Å²) in [4.78, 5) is 12.5. The van der Waals surface area contributed by atoms with Gasteiger partial charge in [-0.25, -0.2) is 0 Å². The number of amides is 1. The molecule has 0 aromatic rings. The predicted molar refractivity (Wildman–Crippen MR) is 36.3 cm³/mol. The molecule has 0 spiro atoms. The maximum atomic E-state index is 10.9. The summed E-state index contributed by atoms with van der Waals surface area (Å²) in [6.45, 7) is 1.05. The van der Waals surface area contributed by atoms with Crippen molar-refractivity contribution in [2.75, 3.05) is 19.7 Å². The summed E-state index contributed by atoms with van der Waals surface area (Å²) in [7, 11) is 0. The van der Waals surface area contributed by atoms with E-state index < -0.39 is 0 Å². The van der Waals surface area contributed by atoms with Gasteiger partial charge in [0.25, 0.3) is 0 Å². The molecule has 1 amide bonds. The molecule has 4 nitrogen and oxygen atoms in total. The Morgan fingerprint density at radius 2 is 2.50 bits per heavy atom. The summed E-state index contributed by atoms with van der Waals surface area (Å²) in [5, 5.41) is 8.50. The Bertz CT molecular complexity index is 138.